The largest absolute Gasteiger partial charge is 0.340 e. The van der Waals surface area contributed by atoms with Gasteiger partial charge < -0.3 is 9.88 Å². The van der Waals surface area contributed by atoms with Gasteiger partial charge in [-0.15, -0.1) is 0 Å². The molecule has 5 heteroatoms. The summed E-state index contributed by atoms with van der Waals surface area (Å²) in [6.07, 6.45) is 2.40. The number of amides is 1. The van der Waals surface area contributed by atoms with Crippen molar-refractivity contribution in [3.8, 4) is 0 Å². The first-order valence-corrected chi connectivity index (χ1v) is 7.58. The van der Waals surface area contributed by atoms with Gasteiger partial charge in [-0.1, -0.05) is 12.1 Å². The third kappa shape index (κ3) is 2.93. The number of hydrogen-bond donors (Lipinski definition) is 1. The van der Waals surface area contributed by atoms with Gasteiger partial charge in [-0.3, -0.25) is 9.69 Å². The Labute approximate surface area is 125 Å². The lowest BCUT2D eigenvalue weighted by Gasteiger charge is -2.27. The molecule has 1 aliphatic rings. The number of nitrogens with one attached hydrogen (secondary N) is 1. The van der Waals surface area contributed by atoms with E-state index in [0.717, 1.165) is 29.9 Å². The van der Waals surface area contributed by atoms with Crippen molar-refractivity contribution in [1.82, 2.24) is 19.8 Å². The van der Waals surface area contributed by atoms with Crippen LogP contribution in [0.2, 0.25) is 0 Å². The second-order valence-corrected chi connectivity index (χ2v) is 5.81. The van der Waals surface area contributed by atoms with Crippen molar-refractivity contribution >= 4 is 16.9 Å². The molecule has 1 aromatic heterocycles. The Hall–Kier alpha value is -1.88. The maximum absolute atomic E-state index is 12.5. The minimum Gasteiger partial charge on any atom is -0.340 e. The average Bonchev–Trinajstić information content (AvgIpc) is 3.14. The maximum atomic E-state index is 12.5. The van der Waals surface area contributed by atoms with Crippen LogP contribution >= 0.6 is 0 Å². The monoisotopic (exact) mass is 286 g/mol. The highest BCUT2D eigenvalue weighted by Crippen LogP contribution is 2.15. The van der Waals surface area contributed by atoms with Gasteiger partial charge in [-0.05, 0) is 45.0 Å². The topological polar surface area (TPSA) is 52.2 Å². The number of hydrogen-bond acceptors (Lipinski definition) is 3. The van der Waals surface area contributed by atoms with E-state index in [4.69, 9.17) is 0 Å². The molecular formula is C16H22N4O. The van der Waals surface area contributed by atoms with Crippen molar-refractivity contribution in [2.45, 2.75) is 32.4 Å². The second kappa shape index (κ2) is 5.85. The lowest BCUT2D eigenvalue weighted by Crippen LogP contribution is -2.44. The van der Waals surface area contributed by atoms with Crippen LogP contribution in [0.5, 0.6) is 0 Å². The molecule has 0 spiro atoms. The van der Waals surface area contributed by atoms with Crippen LogP contribution < -0.4 is 0 Å². The molecule has 1 atom stereocenters. The number of likely N-dealkylation sites (N-methyl/N-ethyl adjacent to an activating group) is 1. The van der Waals surface area contributed by atoms with Gasteiger partial charge in [0.1, 0.15) is 5.82 Å². The number of carbonyl (C=O) groups excluding carboxylic acids is 1. The zero-order valence-electron chi connectivity index (χ0n) is 12.7. The first kappa shape index (κ1) is 14.1. The molecule has 1 aromatic carbocycles. The Bertz CT molecular complexity index is 597. The molecule has 112 valence electrons. The SMILES string of the molecule is C[C@@H](C(=O)N(C)Cc1nc2ccccc2[nH]1)N1CCCC1. The molecule has 5 nitrogen and oxygen atoms in total. The van der Waals surface area contributed by atoms with Gasteiger partial charge in [-0.2, -0.15) is 0 Å². The third-order valence-corrected chi connectivity index (χ3v) is 4.25. The maximum Gasteiger partial charge on any atom is 0.239 e. The zero-order chi connectivity index (χ0) is 14.8. The average molecular weight is 286 g/mol. The molecule has 0 unspecified atom stereocenters. The number of aromatic amines is 1. The van der Waals surface area contributed by atoms with Crippen molar-refractivity contribution in [2.24, 2.45) is 0 Å². The van der Waals surface area contributed by atoms with E-state index in [-0.39, 0.29) is 11.9 Å². The van der Waals surface area contributed by atoms with E-state index in [0.29, 0.717) is 6.54 Å². The number of imidazole rings is 1. The van der Waals surface area contributed by atoms with Crippen molar-refractivity contribution < 1.29 is 4.79 Å². The normalized spacial score (nSPS) is 17.2. The number of aromatic nitrogens is 2. The van der Waals surface area contributed by atoms with E-state index < -0.39 is 0 Å². The van der Waals surface area contributed by atoms with Gasteiger partial charge in [0.25, 0.3) is 0 Å². The van der Waals surface area contributed by atoms with Crippen molar-refractivity contribution in [2.75, 3.05) is 20.1 Å². The molecule has 2 aromatic rings. The van der Waals surface area contributed by atoms with Gasteiger partial charge in [0.15, 0.2) is 0 Å². The number of benzene rings is 1. The minimum absolute atomic E-state index is 0.0399. The predicted molar refractivity (Wildman–Crippen MR) is 82.8 cm³/mol. The van der Waals surface area contributed by atoms with Crippen molar-refractivity contribution in [3.63, 3.8) is 0 Å². The summed E-state index contributed by atoms with van der Waals surface area (Å²) in [7, 11) is 1.85. The highest BCUT2D eigenvalue weighted by molar-refractivity contribution is 5.81. The van der Waals surface area contributed by atoms with Gasteiger partial charge in [0.05, 0.1) is 23.6 Å². The molecule has 1 N–H and O–H groups in total. The first-order valence-electron chi connectivity index (χ1n) is 7.58. The fourth-order valence-corrected chi connectivity index (χ4v) is 2.99. The van der Waals surface area contributed by atoms with Crippen molar-refractivity contribution in [1.29, 1.82) is 0 Å². The quantitative estimate of drug-likeness (QED) is 0.935. The van der Waals surface area contributed by atoms with E-state index in [1.165, 1.54) is 12.8 Å². The van der Waals surface area contributed by atoms with E-state index >= 15 is 0 Å². The highest BCUT2D eigenvalue weighted by Gasteiger charge is 2.26. The van der Waals surface area contributed by atoms with Gasteiger partial charge in [0.2, 0.25) is 5.91 Å². The Morgan fingerprint density at radius 3 is 2.81 bits per heavy atom. The molecule has 3 rings (SSSR count). The minimum atomic E-state index is -0.0399. The summed E-state index contributed by atoms with van der Waals surface area (Å²) < 4.78 is 0. The summed E-state index contributed by atoms with van der Waals surface area (Å²) in [5.41, 5.74) is 1.96. The van der Waals surface area contributed by atoms with E-state index in [2.05, 4.69) is 14.9 Å². The summed E-state index contributed by atoms with van der Waals surface area (Å²) >= 11 is 0. The molecule has 1 saturated heterocycles. The standard InChI is InChI=1S/C16H22N4O/c1-12(20-9-5-6-10-20)16(21)19(2)11-15-17-13-7-3-4-8-14(13)18-15/h3-4,7-8,12H,5-6,9-11H2,1-2H3,(H,17,18)/t12-/m0/s1. The van der Waals surface area contributed by atoms with Crippen LogP contribution in [0, 0.1) is 0 Å². The molecule has 0 aliphatic carbocycles. The first-order chi connectivity index (χ1) is 10.1. The highest BCUT2D eigenvalue weighted by atomic mass is 16.2. The van der Waals surface area contributed by atoms with E-state index in [9.17, 15) is 4.79 Å². The zero-order valence-corrected chi connectivity index (χ0v) is 12.7. The summed E-state index contributed by atoms with van der Waals surface area (Å²) in [5, 5.41) is 0. The molecule has 0 radical (unpaired) electrons. The van der Waals surface area contributed by atoms with Crippen LogP contribution in [0.25, 0.3) is 11.0 Å². The molecule has 2 heterocycles. The molecule has 0 saturated carbocycles. The molecule has 21 heavy (non-hydrogen) atoms. The van der Waals surface area contributed by atoms with E-state index in [1.54, 1.807) is 4.90 Å². The van der Waals surface area contributed by atoms with Gasteiger partial charge in [-0.25, -0.2) is 4.98 Å². The molecule has 0 bridgehead atoms. The Kier molecular flexibility index (Phi) is 3.92. The fraction of sp³-hybridized carbons (Fsp3) is 0.500. The number of para-hydroxylation sites is 2. The Balaban J connectivity index is 1.67. The number of carbonyl (C=O) groups is 1. The van der Waals surface area contributed by atoms with Crippen LogP contribution in [0.3, 0.4) is 0 Å². The third-order valence-electron chi connectivity index (χ3n) is 4.25. The van der Waals surface area contributed by atoms with Gasteiger partial charge >= 0.3 is 0 Å². The number of fused-ring (bicyclic) bond motifs is 1. The van der Waals surface area contributed by atoms with Crippen LogP contribution in [0.15, 0.2) is 24.3 Å². The molecular weight excluding hydrogens is 264 g/mol. The molecule has 1 fully saturated rings. The summed E-state index contributed by atoms with van der Waals surface area (Å²) in [6, 6.07) is 7.89. The number of rotatable bonds is 4. The number of H-pyrrole nitrogens is 1. The predicted octanol–water partition coefficient (Wildman–Crippen LogP) is 2.01. The number of nitrogens with zero attached hydrogens (tertiary/aromatic N) is 3. The lowest BCUT2D eigenvalue weighted by molar-refractivity contribution is -0.135. The summed E-state index contributed by atoms with van der Waals surface area (Å²) in [5.74, 6) is 0.998. The fourth-order valence-electron chi connectivity index (χ4n) is 2.99. The Morgan fingerprint density at radius 1 is 1.38 bits per heavy atom. The second-order valence-electron chi connectivity index (χ2n) is 5.81. The van der Waals surface area contributed by atoms with Crippen LogP contribution in [-0.2, 0) is 11.3 Å². The van der Waals surface area contributed by atoms with Gasteiger partial charge in [0, 0.05) is 7.05 Å². The smallest absolute Gasteiger partial charge is 0.239 e. The van der Waals surface area contributed by atoms with Crippen LogP contribution in [0.4, 0.5) is 0 Å². The Morgan fingerprint density at radius 2 is 2.10 bits per heavy atom. The van der Waals surface area contributed by atoms with E-state index in [1.807, 2.05) is 38.2 Å². The molecule has 1 amide bonds. The van der Waals surface area contributed by atoms with Crippen LogP contribution in [0.1, 0.15) is 25.6 Å². The number of likely N-dealkylation sites (tertiary alicyclic amines) is 1. The summed E-state index contributed by atoms with van der Waals surface area (Å²) in [4.78, 5) is 24.3. The summed E-state index contributed by atoms with van der Waals surface area (Å²) in [6.45, 7) is 4.59. The van der Waals surface area contributed by atoms with Crippen LogP contribution in [-0.4, -0.2) is 51.9 Å². The molecule has 1 aliphatic heterocycles. The lowest BCUT2D eigenvalue weighted by atomic mass is 10.2. The van der Waals surface area contributed by atoms with Crippen molar-refractivity contribution in [3.05, 3.63) is 30.1 Å².